The number of aryl methyl sites for hydroxylation is 1. The van der Waals surface area contributed by atoms with E-state index >= 15 is 0 Å². The van der Waals surface area contributed by atoms with E-state index < -0.39 is 0 Å². The second-order valence-electron chi connectivity index (χ2n) is 6.86. The summed E-state index contributed by atoms with van der Waals surface area (Å²) in [5, 5.41) is 2.67. The van der Waals surface area contributed by atoms with Gasteiger partial charge in [0, 0.05) is 39.5 Å². The molecule has 0 saturated carbocycles. The fourth-order valence-electron chi connectivity index (χ4n) is 4.44. The number of hydrogen-bond acceptors (Lipinski definition) is 2. The lowest BCUT2D eigenvalue weighted by Crippen LogP contribution is -2.34. The molecule has 1 aliphatic heterocycles. The van der Waals surface area contributed by atoms with Crippen LogP contribution < -0.4 is 4.57 Å². The molecule has 124 valence electrons. The normalized spacial score (nSPS) is 12.8. The fraction of sp³-hybridized carbons (Fsp3) is 0.136. The van der Waals surface area contributed by atoms with E-state index in [1.165, 1.54) is 38.6 Å². The van der Waals surface area contributed by atoms with E-state index in [9.17, 15) is 0 Å². The van der Waals surface area contributed by atoms with Crippen LogP contribution in [0.15, 0.2) is 60.9 Å². The summed E-state index contributed by atoms with van der Waals surface area (Å²) < 4.78 is 4.69. The maximum absolute atomic E-state index is 4.57. The van der Waals surface area contributed by atoms with E-state index in [2.05, 4.69) is 74.6 Å². The first-order chi connectivity index (χ1) is 12.8. The van der Waals surface area contributed by atoms with Crippen LogP contribution in [0.2, 0.25) is 0 Å². The average molecular weight is 337 g/mol. The molecule has 0 spiro atoms. The van der Waals surface area contributed by atoms with Crippen LogP contribution in [0.25, 0.3) is 44.2 Å². The highest BCUT2D eigenvalue weighted by atomic mass is 15.1. The molecule has 0 atom stereocenters. The Hall–Kier alpha value is -3.27. The number of aromatic nitrogens is 4. The zero-order valence-electron chi connectivity index (χ0n) is 14.5. The van der Waals surface area contributed by atoms with E-state index in [4.69, 9.17) is 0 Å². The summed E-state index contributed by atoms with van der Waals surface area (Å²) in [6.45, 7) is 4.03. The summed E-state index contributed by atoms with van der Waals surface area (Å²) in [5.74, 6) is 0. The highest BCUT2D eigenvalue weighted by Gasteiger charge is 2.27. The van der Waals surface area contributed by atoms with Gasteiger partial charge in [0.25, 0.3) is 0 Å². The van der Waals surface area contributed by atoms with Crippen LogP contribution >= 0.6 is 0 Å². The predicted octanol–water partition coefficient (Wildman–Crippen LogP) is 4.07. The monoisotopic (exact) mass is 337 g/mol. The van der Waals surface area contributed by atoms with E-state index in [0.717, 1.165) is 24.3 Å². The standard InChI is InChI=1S/C22H17N4/c1-2-25-19-6-4-3-5-15(19)17-11-14-13-26-20(16(14)12-21(17)25)8-7-18-22(26)24-10-9-23-18/h3-12H,2,13H2,1H3/q+1. The van der Waals surface area contributed by atoms with Crippen molar-refractivity contribution in [3.05, 3.63) is 66.5 Å². The number of benzene rings is 2. The summed E-state index contributed by atoms with van der Waals surface area (Å²) in [6, 6.07) is 17.7. The molecule has 0 saturated heterocycles. The van der Waals surface area contributed by atoms with Crippen LogP contribution in [0.5, 0.6) is 0 Å². The number of hydrogen-bond donors (Lipinski definition) is 0. The first-order valence-corrected chi connectivity index (χ1v) is 9.03. The van der Waals surface area contributed by atoms with Crippen LogP contribution in [-0.2, 0) is 13.1 Å². The Balaban J connectivity index is 1.71. The van der Waals surface area contributed by atoms with Crippen LogP contribution in [0.1, 0.15) is 12.5 Å². The molecule has 1 aliphatic rings. The van der Waals surface area contributed by atoms with Crippen molar-refractivity contribution in [2.24, 2.45) is 0 Å². The number of nitrogens with zero attached hydrogens (tertiary/aromatic N) is 4. The Morgan fingerprint density at radius 2 is 1.85 bits per heavy atom. The van der Waals surface area contributed by atoms with Crippen molar-refractivity contribution in [2.75, 3.05) is 0 Å². The van der Waals surface area contributed by atoms with Gasteiger partial charge in [-0.25, -0.2) is 9.55 Å². The van der Waals surface area contributed by atoms with E-state index in [1.54, 1.807) is 12.4 Å². The summed E-state index contributed by atoms with van der Waals surface area (Å²) in [4.78, 5) is 9.02. The highest BCUT2D eigenvalue weighted by Crippen LogP contribution is 2.36. The van der Waals surface area contributed by atoms with Crippen molar-refractivity contribution in [1.29, 1.82) is 0 Å². The Kier molecular flexibility index (Phi) is 2.62. The van der Waals surface area contributed by atoms with Crippen LogP contribution in [0, 0.1) is 0 Å². The van der Waals surface area contributed by atoms with Gasteiger partial charge in [-0.2, -0.15) is 0 Å². The molecule has 0 fully saturated rings. The number of pyridine rings is 1. The van der Waals surface area contributed by atoms with Crippen LogP contribution in [0.3, 0.4) is 0 Å². The maximum atomic E-state index is 4.57. The number of rotatable bonds is 1. The van der Waals surface area contributed by atoms with E-state index in [0.29, 0.717) is 0 Å². The molecule has 2 aromatic carbocycles. The zero-order chi connectivity index (χ0) is 17.3. The maximum Gasteiger partial charge on any atom is 0.349 e. The zero-order valence-corrected chi connectivity index (χ0v) is 14.5. The molecular formula is C22H17N4+. The van der Waals surface area contributed by atoms with Crippen LogP contribution in [0.4, 0.5) is 0 Å². The molecule has 3 aromatic heterocycles. The summed E-state index contributed by atoms with van der Waals surface area (Å²) in [7, 11) is 0. The molecule has 0 aliphatic carbocycles. The summed E-state index contributed by atoms with van der Waals surface area (Å²) in [5.41, 5.74) is 8.40. The molecule has 4 heterocycles. The summed E-state index contributed by atoms with van der Waals surface area (Å²) >= 11 is 0. The molecule has 0 N–H and O–H groups in total. The van der Waals surface area contributed by atoms with Gasteiger partial charge in [-0.15, -0.1) is 0 Å². The lowest BCUT2D eigenvalue weighted by Gasteiger charge is -2.04. The fourth-order valence-corrected chi connectivity index (χ4v) is 4.44. The molecule has 0 radical (unpaired) electrons. The van der Waals surface area contributed by atoms with Gasteiger partial charge in [0.1, 0.15) is 12.2 Å². The first-order valence-electron chi connectivity index (χ1n) is 9.03. The topological polar surface area (TPSA) is 34.6 Å². The van der Waals surface area contributed by atoms with Crippen molar-refractivity contribution >= 4 is 33.0 Å². The van der Waals surface area contributed by atoms with Gasteiger partial charge in [0.05, 0.1) is 6.20 Å². The minimum absolute atomic E-state index is 0.849. The SMILES string of the molecule is CCn1c2ccccc2c2cc3c(cc21)-c1ccc2nccnc2[n+]1C3. The van der Waals surface area contributed by atoms with Crippen molar-refractivity contribution in [3.63, 3.8) is 0 Å². The van der Waals surface area contributed by atoms with Crippen molar-refractivity contribution in [2.45, 2.75) is 20.0 Å². The third kappa shape index (κ3) is 1.66. The van der Waals surface area contributed by atoms with Gasteiger partial charge < -0.3 is 4.57 Å². The summed E-state index contributed by atoms with van der Waals surface area (Å²) in [6.07, 6.45) is 3.52. The molecule has 5 aromatic rings. The van der Waals surface area contributed by atoms with Crippen LogP contribution in [-0.4, -0.2) is 14.5 Å². The average Bonchev–Trinajstić information content (AvgIpc) is 3.21. The molecule has 26 heavy (non-hydrogen) atoms. The van der Waals surface area contributed by atoms with Gasteiger partial charge in [0.15, 0.2) is 11.7 Å². The minimum atomic E-state index is 0.849. The molecule has 0 amide bonds. The highest BCUT2D eigenvalue weighted by molar-refractivity contribution is 6.09. The molecule has 0 bridgehead atoms. The Labute approximate surface area is 150 Å². The smallest absolute Gasteiger partial charge is 0.341 e. The van der Waals surface area contributed by atoms with Gasteiger partial charge in [-0.1, -0.05) is 18.2 Å². The van der Waals surface area contributed by atoms with Gasteiger partial charge in [0.2, 0.25) is 0 Å². The first kappa shape index (κ1) is 14.0. The molecule has 6 rings (SSSR count). The number of fused-ring (bicyclic) bond motifs is 8. The lowest BCUT2D eigenvalue weighted by atomic mass is 10.0. The van der Waals surface area contributed by atoms with E-state index in [1.807, 2.05) is 0 Å². The molecular weight excluding hydrogens is 320 g/mol. The Bertz CT molecular complexity index is 1350. The molecule has 4 nitrogen and oxygen atoms in total. The Morgan fingerprint density at radius 1 is 0.962 bits per heavy atom. The third-order valence-corrected chi connectivity index (χ3v) is 5.57. The molecule has 4 heteroatoms. The van der Waals surface area contributed by atoms with Gasteiger partial charge >= 0.3 is 5.65 Å². The lowest BCUT2D eigenvalue weighted by molar-refractivity contribution is -0.647. The van der Waals surface area contributed by atoms with Gasteiger partial charge in [-0.05, 0) is 42.2 Å². The van der Waals surface area contributed by atoms with Gasteiger partial charge in [-0.3, -0.25) is 0 Å². The predicted molar refractivity (Wildman–Crippen MR) is 103 cm³/mol. The second-order valence-corrected chi connectivity index (χ2v) is 6.86. The van der Waals surface area contributed by atoms with E-state index in [-0.39, 0.29) is 0 Å². The Morgan fingerprint density at radius 3 is 2.77 bits per heavy atom. The second kappa shape index (κ2) is 4.88. The third-order valence-electron chi connectivity index (χ3n) is 5.57. The molecule has 0 unspecified atom stereocenters. The van der Waals surface area contributed by atoms with Crippen molar-refractivity contribution in [3.8, 4) is 11.3 Å². The minimum Gasteiger partial charge on any atom is -0.341 e. The van der Waals surface area contributed by atoms with Crippen molar-refractivity contribution in [1.82, 2.24) is 14.5 Å². The van der Waals surface area contributed by atoms with Crippen molar-refractivity contribution < 1.29 is 4.57 Å². The quantitative estimate of drug-likeness (QED) is 0.424. The largest absolute Gasteiger partial charge is 0.349 e. The number of para-hydroxylation sites is 1.